The number of nitrogens with zero attached hydrogens (tertiary/aromatic N) is 1. The van der Waals surface area contributed by atoms with E-state index < -0.39 is 22.4 Å². The number of benzene rings is 3. The van der Waals surface area contributed by atoms with E-state index in [1.54, 1.807) is 30.3 Å². The van der Waals surface area contributed by atoms with Crippen LogP contribution in [0.2, 0.25) is 0 Å². The molecule has 1 heterocycles. The molecule has 0 saturated carbocycles. The Balaban J connectivity index is 1.70. The summed E-state index contributed by atoms with van der Waals surface area (Å²) >= 11 is 0. The molecule has 1 amide bonds. The number of anilines is 1. The minimum absolute atomic E-state index is 0.0729. The average molecular weight is 428 g/mol. The molecule has 158 valence electrons. The predicted molar refractivity (Wildman–Crippen MR) is 115 cm³/mol. The Labute approximate surface area is 182 Å². The molecule has 32 heavy (non-hydrogen) atoms. The van der Waals surface area contributed by atoms with Gasteiger partial charge < -0.3 is 15.2 Å². The molecule has 8 heteroatoms. The van der Waals surface area contributed by atoms with E-state index in [0.717, 1.165) is 0 Å². The fraction of sp³-hybridized carbons (Fsp3) is 0.0833. The summed E-state index contributed by atoms with van der Waals surface area (Å²) in [5.74, 6) is 4.09. The van der Waals surface area contributed by atoms with Gasteiger partial charge in [0, 0.05) is 34.5 Å². The van der Waals surface area contributed by atoms with Crippen LogP contribution in [-0.4, -0.2) is 21.9 Å². The van der Waals surface area contributed by atoms with E-state index in [1.807, 2.05) is 6.07 Å². The summed E-state index contributed by atoms with van der Waals surface area (Å²) in [6, 6.07) is 18.4. The van der Waals surface area contributed by atoms with Crippen molar-refractivity contribution in [1.82, 2.24) is 0 Å². The molecule has 0 aliphatic carbocycles. The highest BCUT2D eigenvalue weighted by atomic mass is 16.6. The second-order valence-corrected chi connectivity index (χ2v) is 7.03. The van der Waals surface area contributed by atoms with E-state index in [9.17, 15) is 24.8 Å². The van der Waals surface area contributed by atoms with Gasteiger partial charge >= 0.3 is 5.97 Å². The first kappa shape index (κ1) is 20.8. The molecule has 1 atom stereocenters. The van der Waals surface area contributed by atoms with Crippen LogP contribution in [-0.2, 0) is 21.7 Å². The van der Waals surface area contributed by atoms with Crippen LogP contribution in [0.3, 0.4) is 0 Å². The second kappa shape index (κ2) is 8.34. The number of fused-ring (bicyclic) bond motifs is 1. The molecule has 0 aromatic heterocycles. The molecule has 0 fully saturated rings. The fourth-order valence-corrected chi connectivity index (χ4v) is 3.20. The van der Waals surface area contributed by atoms with Crippen LogP contribution < -0.4 is 5.32 Å². The molecule has 0 spiro atoms. The van der Waals surface area contributed by atoms with Crippen molar-refractivity contribution in [3.05, 3.63) is 105 Å². The molecule has 1 aliphatic heterocycles. The minimum atomic E-state index is -2.30. The summed E-state index contributed by atoms with van der Waals surface area (Å²) in [4.78, 5) is 35.2. The number of ether oxygens (including phenoxy) is 1. The number of nitro benzene ring substituents is 1. The van der Waals surface area contributed by atoms with Gasteiger partial charge in [-0.1, -0.05) is 24.1 Å². The third-order valence-corrected chi connectivity index (χ3v) is 4.93. The van der Waals surface area contributed by atoms with Gasteiger partial charge in [-0.25, -0.2) is 4.79 Å². The highest BCUT2D eigenvalue weighted by Crippen LogP contribution is 2.27. The smallest absolute Gasteiger partial charge is 0.338 e. The van der Waals surface area contributed by atoms with Gasteiger partial charge in [0.1, 0.15) is 6.61 Å². The zero-order chi connectivity index (χ0) is 22.7. The number of carbonyl (C=O) groups is 2. The van der Waals surface area contributed by atoms with Crippen molar-refractivity contribution in [2.24, 2.45) is 0 Å². The van der Waals surface area contributed by atoms with Gasteiger partial charge in [-0.2, -0.15) is 0 Å². The number of cyclic esters (lactones) is 1. The lowest BCUT2D eigenvalue weighted by atomic mass is 9.92. The highest BCUT2D eigenvalue weighted by molar-refractivity contribution is 6.01. The Morgan fingerprint density at radius 2 is 1.81 bits per heavy atom. The van der Waals surface area contributed by atoms with Crippen molar-refractivity contribution >= 4 is 23.3 Å². The summed E-state index contributed by atoms with van der Waals surface area (Å²) in [7, 11) is 0. The number of aliphatic hydroxyl groups is 1. The van der Waals surface area contributed by atoms with Crippen molar-refractivity contribution in [2.75, 3.05) is 5.32 Å². The molecule has 0 radical (unpaired) electrons. The summed E-state index contributed by atoms with van der Waals surface area (Å²) < 4.78 is 4.96. The maximum atomic E-state index is 13.1. The van der Waals surface area contributed by atoms with Crippen LogP contribution in [0.4, 0.5) is 11.4 Å². The third-order valence-electron chi connectivity index (χ3n) is 4.93. The van der Waals surface area contributed by atoms with Gasteiger partial charge in [-0.15, -0.1) is 0 Å². The van der Waals surface area contributed by atoms with Gasteiger partial charge in [0.25, 0.3) is 11.6 Å². The Hall–Kier alpha value is -4.48. The number of hydrogen-bond acceptors (Lipinski definition) is 6. The number of nitrogens with one attached hydrogen (secondary N) is 1. The van der Waals surface area contributed by atoms with Crippen LogP contribution in [0, 0.1) is 22.0 Å². The van der Waals surface area contributed by atoms with Crippen LogP contribution in [0.25, 0.3) is 0 Å². The maximum Gasteiger partial charge on any atom is 0.338 e. The van der Waals surface area contributed by atoms with Crippen LogP contribution >= 0.6 is 0 Å². The van der Waals surface area contributed by atoms with E-state index in [-0.39, 0.29) is 17.9 Å². The lowest BCUT2D eigenvalue weighted by molar-refractivity contribution is -0.384. The minimum Gasteiger partial charge on any atom is -0.457 e. The molecule has 4 rings (SSSR count). The van der Waals surface area contributed by atoms with E-state index in [2.05, 4.69) is 17.2 Å². The van der Waals surface area contributed by atoms with Gasteiger partial charge in [0.05, 0.1) is 10.5 Å². The first-order valence-corrected chi connectivity index (χ1v) is 9.54. The molecular weight excluding hydrogens is 412 g/mol. The standard InChI is InChI=1S/C24H16N2O6/c27-22-21-11-8-19(14-17(21)15-32-22)25-23(28)24(29,13-12-16-4-2-1-3-5-16)18-6-9-20(10-7-18)26(30)31/h1-11,14,29H,15H2,(H,25,28). The average Bonchev–Trinajstić information content (AvgIpc) is 3.18. The lowest BCUT2D eigenvalue weighted by Crippen LogP contribution is -2.39. The fourth-order valence-electron chi connectivity index (χ4n) is 3.20. The Morgan fingerprint density at radius 1 is 1.09 bits per heavy atom. The zero-order valence-corrected chi connectivity index (χ0v) is 16.6. The number of rotatable bonds is 4. The Kier molecular flexibility index (Phi) is 5.41. The molecule has 2 N–H and O–H groups in total. The predicted octanol–water partition coefficient (Wildman–Crippen LogP) is 3.14. The summed E-state index contributed by atoms with van der Waals surface area (Å²) in [6.07, 6.45) is 0. The van der Waals surface area contributed by atoms with Crippen molar-refractivity contribution in [3.63, 3.8) is 0 Å². The molecular formula is C24H16N2O6. The lowest BCUT2D eigenvalue weighted by Gasteiger charge is -2.22. The van der Waals surface area contributed by atoms with Gasteiger partial charge in [-0.3, -0.25) is 14.9 Å². The molecule has 3 aromatic carbocycles. The maximum absolute atomic E-state index is 13.1. The quantitative estimate of drug-likeness (QED) is 0.285. The Bertz CT molecular complexity index is 1280. The molecule has 0 bridgehead atoms. The first-order valence-electron chi connectivity index (χ1n) is 9.54. The number of non-ortho nitro benzene ring substituents is 1. The third kappa shape index (κ3) is 4.05. The number of carbonyl (C=O) groups excluding carboxylic acids is 2. The first-order chi connectivity index (χ1) is 15.4. The van der Waals surface area contributed by atoms with Crippen molar-refractivity contribution < 1.29 is 24.4 Å². The van der Waals surface area contributed by atoms with Crippen LogP contribution in [0.5, 0.6) is 0 Å². The van der Waals surface area contributed by atoms with Crippen LogP contribution in [0.15, 0.2) is 72.8 Å². The van der Waals surface area contributed by atoms with E-state index >= 15 is 0 Å². The highest BCUT2D eigenvalue weighted by Gasteiger charge is 2.37. The number of amides is 1. The molecule has 0 saturated heterocycles. The van der Waals surface area contributed by atoms with Crippen molar-refractivity contribution in [2.45, 2.75) is 12.2 Å². The SMILES string of the molecule is O=C1OCc2cc(NC(=O)C(O)(C#Cc3ccccc3)c3ccc([N+](=O)[O-])cc3)ccc21. The normalized spacial score (nSPS) is 13.7. The Morgan fingerprint density at radius 3 is 2.50 bits per heavy atom. The molecule has 3 aromatic rings. The number of esters is 1. The number of nitro groups is 1. The molecule has 1 unspecified atom stereocenters. The van der Waals surface area contributed by atoms with E-state index in [0.29, 0.717) is 22.4 Å². The van der Waals surface area contributed by atoms with Gasteiger partial charge in [0.2, 0.25) is 5.60 Å². The van der Waals surface area contributed by atoms with Gasteiger partial charge in [0.15, 0.2) is 0 Å². The zero-order valence-electron chi connectivity index (χ0n) is 16.6. The van der Waals surface area contributed by atoms with Crippen LogP contribution in [0.1, 0.15) is 27.0 Å². The van der Waals surface area contributed by atoms with E-state index in [4.69, 9.17) is 4.74 Å². The second-order valence-electron chi connectivity index (χ2n) is 7.03. The topological polar surface area (TPSA) is 119 Å². The molecule has 1 aliphatic rings. The summed E-state index contributed by atoms with van der Waals surface area (Å²) in [6.45, 7) is 0.0955. The molecule has 8 nitrogen and oxygen atoms in total. The number of hydrogen-bond donors (Lipinski definition) is 2. The monoisotopic (exact) mass is 428 g/mol. The largest absolute Gasteiger partial charge is 0.457 e. The summed E-state index contributed by atoms with van der Waals surface area (Å²) in [5, 5.41) is 24.9. The van der Waals surface area contributed by atoms with Gasteiger partial charge in [-0.05, 0) is 48.4 Å². The summed E-state index contributed by atoms with van der Waals surface area (Å²) in [5.41, 5.74) is -0.460. The van der Waals surface area contributed by atoms with Crippen molar-refractivity contribution in [1.29, 1.82) is 0 Å². The van der Waals surface area contributed by atoms with E-state index in [1.165, 1.54) is 36.4 Å². The van der Waals surface area contributed by atoms with Crippen molar-refractivity contribution in [3.8, 4) is 11.8 Å².